The summed E-state index contributed by atoms with van der Waals surface area (Å²) in [4.78, 5) is 0. The monoisotopic (exact) mass is 208 g/mol. The van der Waals surface area contributed by atoms with Gasteiger partial charge in [0.2, 0.25) is 0 Å². The van der Waals surface area contributed by atoms with Gasteiger partial charge in [-0.15, -0.1) is 0 Å². The largest absolute Gasteiger partial charge is 0.504 e. The third-order valence-corrected chi connectivity index (χ3v) is 1.73. The van der Waals surface area contributed by atoms with Crippen molar-refractivity contribution in [1.82, 2.24) is 0 Å². The maximum absolute atomic E-state index is 5.47. The number of methoxy groups -OCH3 is 1. The zero-order valence-corrected chi connectivity index (χ0v) is 9.10. The molecule has 0 radical (unpaired) electrons. The van der Waals surface area contributed by atoms with E-state index < -0.39 is 0 Å². The minimum absolute atomic E-state index is 0.592. The molecule has 0 bridgehead atoms. The zero-order chi connectivity index (χ0) is 10.9. The molecule has 0 spiro atoms. The van der Waals surface area contributed by atoms with Gasteiger partial charge in [-0.25, -0.2) is 0 Å². The molecule has 3 nitrogen and oxygen atoms in total. The summed E-state index contributed by atoms with van der Waals surface area (Å²) in [6.07, 6.45) is 10.9. The Morgan fingerprint density at radius 3 is 2.33 bits per heavy atom. The van der Waals surface area contributed by atoms with Gasteiger partial charge in [0.15, 0.2) is 11.5 Å². The topological polar surface area (TPSA) is 27.7 Å². The van der Waals surface area contributed by atoms with Crippen molar-refractivity contribution in [3.05, 3.63) is 48.2 Å². The van der Waals surface area contributed by atoms with Crippen LogP contribution < -0.4 is 0 Å². The molecule has 0 saturated carbocycles. The molecule has 1 aliphatic rings. The van der Waals surface area contributed by atoms with Crippen LogP contribution in [0.1, 0.15) is 6.92 Å². The molecule has 82 valence electrons. The van der Waals surface area contributed by atoms with Crippen LogP contribution in [0.4, 0.5) is 0 Å². The third-order valence-electron chi connectivity index (χ3n) is 1.73. The maximum Gasteiger partial charge on any atom is 0.161 e. The molecule has 0 fully saturated rings. The van der Waals surface area contributed by atoms with E-state index in [0.717, 1.165) is 11.5 Å². The summed E-state index contributed by atoms with van der Waals surface area (Å²) in [5.41, 5.74) is 0. The van der Waals surface area contributed by atoms with Crippen molar-refractivity contribution in [3.63, 3.8) is 0 Å². The second-order valence-corrected chi connectivity index (χ2v) is 2.85. The SMILES string of the molecule is CC=CC1=C(C=CC=COC)OCCO1. The van der Waals surface area contributed by atoms with Gasteiger partial charge in [0.1, 0.15) is 13.2 Å². The highest BCUT2D eigenvalue weighted by molar-refractivity contribution is 5.27. The van der Waals surface area contributed by atoms with Crippen LogP contribution in [0.2, 0.25) is 0 Å². The molecule has 0 saturated heterocycles. The highest BCUT2D eigenvalue weighted by atomic mass is 16.6. The summed E-state index contributed by atoms with van der Waals surface area (Å²) in [6.45, 7) is 3.14. The lowest BCUT2D eigenvalue weighted by atomic mass is 10.3. The van der Waals surface area contributed by atoms with Gasteiger partial charge in [0.05, 0.1) is 13.4 Å². The van der Waals surface area contributed by atoms with Gasteiger partial charge in [-0.05, 0) is 25.2 Å². The molecule has 0 aliphatic carbocycles. The first kappa shape index (κ1) is 11.4. The lowest BCUT2D eigenvalue weighted by molar-refractivity contribution is 0.0769. The molecule has 0 atom stereocenters. The first-order valence-electron chi connectivity index (χ1n) is 4.87. The normalized spacial score (nSPS) is 17.5. The fraction of sp³-hybridized carbons (Fsp3) is 0.333. The molecule has 0 aromatic rings. The van der Waals surface area contributed by atoms with Crippen molar-refractivity contribution in [2.45, 2.75) is 6.92 Å². The van der Waals surface area contributed by atoms with Crippen LogP contribution in [0.25, 0.3) is 0 Å². The van der Waals surface area contributed by atoms with Crippen molar-refractivity contribution >= 4 is 0 Å². The Labute approximate surface area is 90.3 Å². The summed E-state index contributed by atoms with van der Waals surface area (Å²) in [5, 5.41) is 0. The Kier molecular flexibility index (Phi) is 5.15. The predicted octanol–water partition coefficient (Wildman–Crippen LogP) is 2.54. The molecule has 0 aromatic carbocycles. The molecule has 15 heavy (non-hydrogen) atoms. The fourth-order valence-corrected chi connectivity index (χ4v) is 1.12. The summed E-state index contributed by atoms with van der Waals surface area (Å²) in [7, 11) is 1.61. The zero-order valence-electron chi connectivity index (χ0n) is 9.10. The molecule has 1 heterocycles. The Balaban J connectivity index is 2.69. The van der Waals surface area contributed by atoms with Crippen LogP contribution >= 0.6 is 0 Å². The number of allylic oxidation sites excluding steroid dienone is 5. The summed E-state index contributed by atoms with van der Waals surface area (Å²) >= 11 is 0. The molecule has 0 aromatic heterocycles. The summed E-state index contributed by atoms with van der Waals surface area (Å²) in [6, 6.07) is 0. The number of hydrogen-bond acceptors (Lipinski definition) is 3. The van der Waals surface area contributed by atoms with Crippen molar-refractivity contribution < 1.29 is 14.2 Å². The minimum Gasteiger partial charge on any atom is -0.504 e. The molecule has 0 unspecified atom stereocenters. The molecule has 3 heteroatoms. The lowest BCUT2D eigenvalue weighted by Crippen LogP contribution is -2.11. The molecule has 0 amide bonds. The average Bonchev–Trinajstić information content (AvgIpc) is 2.27. The predicted molar refractivity (Wildman–Crippen MR) is 59.0 cm³/mol. The molecular weight excluding hydrogens is 192 g/mol. The van der Waals surface area contributed by atoms with Crippen LogP contribution in [0.3, 0.4) is 0 Å². The Morgan fingerprint density at radius 1 is 1.07 bits per heavy atom. The average molecular weight is 208 g/mol. The van der Waals surface area contributed by atoms with Crippen molar-refractivity contribution in [2.24, 2.45) is 0 Å². The minimum atomic E-state index is 0.592. The second kappa shape index (κ2) is 6.76. The number of ether oxygens (including phenoxy) is 3. The van der Waals surface area contributed by atoms with Crippen molar-refractivity contribution in [1.29, 1.82) is 0 Å². The van der Waals surface area contributed by atoms with Crippen LogP contribution in [-0.2, 0) is 14.2 Å². The van der Waals surface area contributed by atoms with Gasteiger partial charge < -0.3 is 14.2 Å². The quantitative estimate of drug-likeness (QED) is 0.525. The fourth-order valence-electron chi connectivity index (χ4n) is 1.12. The summed E-state index contributed by atoms with van der Waals surface area (Å²) in [5.74, 6) is 1.52. The third kappa shape index (κ3) is 3.94. The first-order chi connectivity index (χ1) is 7.38. The molecule has 0 N–H and O–H groups in total. The van der Waals surface area contributed by atoms with E-state index in [4.69, 9.17) is 14.2 Å². The van der Waals surface area contributed by atoms with Gasteiger partial charge in [0, 0.05) is 0 Å². The van der Waals surface area contributed by atoms with E-state index in [0.29, 0.717) is 13.2 Å². The van der Waals surface area contributed by atoms with E-state index in [1.54, 1.807) is 19.4 Å². The van der Waals surface area contributed by atoms with Crippen LogP contribution in [-0.4, -0.2) is 20.3 Å². The van der Waals surface area contributed by atoms with Crippen molar-refractivity contribution in [3.8, 4) is 0 Å². The molecule has 1 aliphatic heterocycles. The van der Waals surface area contributed by atoms with E-state index in [9.17, 15) is 0 Å². The van der Waals surface area contributed by atoms with Gasteiger partial charge >= 0.3 is 0 Å². The summed E-state index contributed by atoms with van der Waals surface area (Å²) < 4.78 is 15.7. The first-order valence-corrected chi connectivity index (χ1v) is 4.87. The van der Waals surface area contributed by atoms with E-state index in [1.165, 1.54) is 0 Å². The van der Waals surface area contributed by atoms with Gasteiger partial charge in [-0.2, -0.15) is 0 Å². The lowest BCUT2D eigenvalue weighted by Gasteiger charge is -2.17. The van der Waals surface area contributed by atoms with E-state index in [2.05, 4.69) is 0 Å². The van der Waals surface area contributed by atoms with Crippen molar-refractivity contribution in [2.75, 3.05) is 20.3 Å². The van der Waals surface area contributed by atoms with E-state index in [-0.39, 0.29) is 0 Å². The Bertz CT molecular complexity index is 298. The number of hydrogen-bond donors (Lipinski definition) is 0. The Morgan fingerprint density at radius 2 is 1.73 bits per heavy atom. The van der Waals surface area contributed by atoms with Crippen LogP contribution in [0.15, 0.2) is 48.2 Å². The van der Waals surface area contributed by atoms with Gasteiger partial charge in [0.25, 0.3) is 0 Å². The smallest absolute Gasteiger partial charge is 0.161 e. The molecule has 1 rings (SSSR count). The van der Waals surface area contributed by atoms with Crippen LogP contribution in [0.5, 0.6) is 0 Å². The van der Waals surface area contributed by atoms with Gasteiger partial charge in [-0.1, -0.05) is 12.2 Å². The Hall–Kier alpha value is -1.64. The second-order valence-electron chi connectivity index (χ2n) is 2.85. The van der Waals surface area contributed by atoms with E-state index >= 15 is 0 Å². The van der Waals surface area contributed by atoms with E-state index in [1.807, 2.05) is 31.2 Å². The standard InChI is InChI=1S/C12H16O3/c1-3-6-11-12(15-10-9-14-11)7-4-5-8-13-2/h3-8H,9-10H2,1-2H3. The highest BCUT2D eigenvalue weighted by Crippen LogP contribution is 2.15. The van der Waals surface area contributed by atoms with Crippen LogP contribution in [0, 0.1) is 0 Å². The number of rotatable bonds is 4. The maximum atomic E-state index is 5.47. The molecular formula is C12H16O3. The highest BCUT2D eigenvalue weighted by Gasteiger charge is 2.09. The van der Waals surface area contributed by atoms with Gasteiger partial charge in [-0.3, -0.25) is 0 Å².